The first-order valence-corrected chi connectivity index (χ1v) is 7.10. The molecule has 5 heteroatoms. The van der Waals surface area contributed by atoms with Gasteiger partial charge in [-0.25, -0.2) is 4.79 Å². The highest BCUT2D eigenvalue weighted by Gasteiger charge is 2.15. The normalized spacial score (nSPS) is 10.1. The standard InChI is InChI=1S/C16H24O5/c1-5-6-7-8-13-14(19-3)9-12(18-2)10-15(13)21-11-16(17)20-4/h9-10H,5-8,11H2,1-4H3. The fraction of sp³-hybridized carbons (Fsp3) is 0.562. The minimum atomic E-state index is -0.420. The number of methoxy groups -OCH3 is 3. The molecule has 0 saturated carbocycles. The predicted octanol–water partition coefficient (Wildman–Crippen LogP) is 2.99. The molecule has 1 aromatic carbocycles. The summed E-state index contributed by atoms with van der Waals surface area (Å²) in [6.45, 7) is 2.02. The van der Waals surface area contributed by atoms with Crippen LogP contribution in [0.25, 0.3) is 0 Å². The SMILES string of the molecule is CCCCCc1c(OC)cc(OC)cc1OCC(=O)OC. The molecule has 0 fully saturated rings. The summed E-state index contributed by atoms with van der Waals surface area (Å²) >= 11 is 0. The monoisotopic (exact) mass is 296 g/mol. The topological polar surface area (TPSA) is 54.0 Å². The number of hydrogen-bond acceptors (Lipinski definition) is 5. The highest BCUT2D eigenvalue weighted by atomic mass is 16.6. The number of ether oxygens (including phenoxy) is 4. The van der Waals surface area contributed by atoms with Crippen LogP contribution < -0.4 is 14.2 Å². The second-order valence-electron chi connectivity index (χ2n) is 4.63. The number of hydrogen-bond donors (Lipinski definition) is 0. The molecule has 0 aliphatic heterocycles. The van der Waals surface area contributed by atoms with Crippen molar-refractivity contribution in [1.29, 1.82) is 0 Å². The summed E-state index contributed by atoms with van der Waals surface area (Å²) < 4.78 is 20.8. The van der Waals surface area contributed by atoms with E-state index in [0.717, 1.165) is 31.2 Å². The first-order chi connectivity index (χ1) is 10.2. The van der Waals surface area contributed by atoms with E-state index in [-0.39, 0.29) is 6.61 Å². The lowest BCUT2D eigenvalue weighted by Crippen LogP contribution is -2.13. The Morgan fingerprint density at radius 1 is 1.05 bits per heavy atom. The summed E-state index contributed by atoms with van der Waals surface area (Å²) in [6, 6.07) is 3.60. The summed E-state index contributed by atoms with van der Waals surface area (Å²) in [5.74, 6) is 1.53. The molecule has 21 heavy (non-hydrogen) atoms. The van der Waals surface area contributed by atoms with Gasteiger partial charge < -0.3 is 18.9 Å². The van der Waals surface area contributed by atoms with Crippen molar-refractivity contribution in [2.75, 3.05) is 27.9 Å². The maximum atomic E-state index is 11.3. The fourth-order valence-electron chi connectivity index (χ4n) is 2.02. The van der Waals surface area contributed by atoms with Crippen LogP contribution in [0.4, 0.5) is 0 Å². The quantitative estimate of drug-likeness (QED) is 0.518. The van der Waals surface area contributed by atoms with Crippen molar-refractivity contribution >= 4 is 5.97 Å². The zero-order chi connectivity index (χ0) is 15.7. The van der Waals surface area contributed by atoms with Gasteiger partial charge in [0.1, 0.15) is 17.2 Å². The maximum Gasteiger partial charge on any atom is 0.343 e. The summed E-state index contributed by atoms with van der Waals surface area (Å²) in [5.41, 5.74) is 0.954. The average molecular weight is 296 g/mol. The van der Waals surface area contributed by atoms with Crippen LogP contribution >= 0.6 is 0 Å². The van der Waals surface area contributed by atoms with Crippen molar-refractivity contribution in [1.82, 2.24) is 0 Å². The molecule has 0 heterocycles. The lowest BCUT2D eigenvalue weighted by atomic mass is 10.0. The van der Waals surface area contributed by atoms with Gasteiger partial charge in [0, 0.05) is 17.7 Å². The lowest BCUT2D eigenvalue weighted by molar-refractivity contribution is -0.142. The van der Waals surface area contributed by atoms with Gasteiger partial charge in [0.15, 0.2) is 6.61 Å². The first-order valence-electron chi connectivity index (χ1n) is 7.10. The van der Waals surface area contributed by atoms with Gasteiger partial charge in [-0.1, -0.05) is 19.8 Å². The maximum absolute atomic E-state index is 11.3. The van der Waals surface area contributed by atoms with E-state index in [4.69, 9.17) is 14.2 Å². The van der Waals surface area contributed by atoms with Gasteiger partial charge in [-0.3, -0.25) is 0 Å². The van der Waals surface area contributed by atoms with Gasteiger partial charge in [-0.2, -0.15) is 0 Å². The van der Waals surface area contributed by atoms with Crippen molar-refractivity contribution in [3.63, 3.8) is 0 Å². The molecule has 0 amide bonds. The van der Waals surface area contributed by atoms with E-state index in [1.54, 1.807) is 20.3 Å². The van der Waals surface area contributed by atoms with E-state index in [1.165, 1.54) is 7.11 Å². The molecular weight excluding hydrogens is 272 g/mol. The lowest BCUT2D eigenvalue weighted by Gasteiger charge is -2.16. The van der Waals surface area contributed by atoms with Crippen LogP contribution in [0.2, 0.25) is 0 Å². The molecule has 1 rings (SSSR count). The van der Waals surface area contributed by atoms with Gasteiger partial charge >= 0.3 is 5.97 Å². The zero-order valence-electron chi connectivity index (χ0n) is 13.2. The Bertz CT molecular complexity index is 456. The second-order valence-corrected chi connectivity index (χ2v) is 4.63. The first kappa shape index (κ1) is 17.1. The van der Waals surface area contributed by atoms with Crippen molar-refractivity contribution < 1.29 is 23.7 Å². The third-order valence-electron chi connectivity index (χ3n) is 3.20. The van der Waals surface area contributed by atoms with Crippen LogP contribution in [0.1, 0.15) is 31.7 Å². The van der Waals surface area contributed by atoms with E-state index in [9.17, 15) is 4.79 Å². The molecule has 0 aliphatic rings. The number of carbonyl (C=O) groups is 1. The fourth-order valence-corrected chi connectivity index (χ4v) is 2.02. The molecule has 0 bridgehead atoms. The molecule has 0 N–H and O–H groups in total. The van der Waals surface area contributed by atoms with E-state index in [1.807, 2.05) is 6.07 Å². The number of unbranched alkanes of at least 4 members (excludes halogenated alkanes) is 2. The van der Waals surface area contributed by atoms with Crippen LogP contribution in [0, 0.1) is 0 Å². The molecule has 0 aliphatic carbocycles. The number of esters is 1. The van der Waals surface area contributed by atoms with Crippen molar-refractivity contribution in [3.05, 3.63) is 17.7 Å². The molecule has 0 spiro atoms. The Labute approximate surface area is 126 Å². The van der Waals surface area contributed by atoms with Gasteiger partial charge in [-0.15, -0.1) is 0 Å². The molecular formula is C16H24O5. The minimum absolute atomic E-state index is 0.131. The summed E-state index contributed by atoms with van der Waals surface area (Å²) in [6.07, 6.45) is 4.13. The predicted molar refractivity (Wildman–Crippen MR) is 80.3 cm³/mol. The third kappa shape index (κ3) is 5.17. The van der Waals surface area contributed by atoms with Crippen LogP contribution in [-0.2, 0) is 16.0 Å². The summed E-state index contributed by atoms with van der Waals surface area (Å²) in [7, 11) is 4.53. The zero-order valence-corrected chi connectivity index (χ0v) is 13.2. The van der Waals surface area contributed by atoms with Crippen LogP contribution in [0.15, 0.2) is 12.1 Å². The average Bonchev–Trinajstić information content (AvgIpc) is 2.52. The number of benzene rings is 1. The van der Waals surface area contributed by atoms with Gasteiger partial charge in [-0.05, 0) is 12.8 Å². The summed E-state index contributed by atoms with van der Waals surface area (Å²) in [4.78, 5) is 11.3. The third-order valence-corrected chi connectivity index (χ3v) is 3.20. The number of carbonyl (C=O) groups excluding carboxylic acids is 1. The molecule has 0 saturated heterocycles. The van der Waals surface area contributed by atoms with Crippen LogP contribution in [0.3, 0.4) is 0 Å². The largest absolute Gasteiger partial charge is 0.496 e. The van der Waals surface area contributed by atoms with Gasteiger partial charge in [0.05, 0.1) is 21.3 Å². The molecule has 0 radical (unpaired) electrons. The van der Waals surface area contributed by atoms with E-state index in [2.05, 4.69) is 11.7 Å². The second kappa shape index (κ2) is 9.10. The smallest absolute Gasteiger partial charge is 0.343 e. The molecule has 118 valence electrons. The Balaban J connectivity index is 3.00. The molecule has 0 atom stereocenters. The Morgan fingerprint density at radius 3 is 2.33 bits per heavy atom. The van der Waals surface area contributed by atoms with E-state index < -0.39 is 5.97 Å². The highest BCUT2D eigenvalue weighted by molar-refractivity contribution is 5.71. The van der Waals surface area contributed by atoms with E-state index in [0.29, 0.717) is 17.2 Å². The highest BCUT2D eigenvalue weighted by Crippen LogP contribution is 2.35. The van der Waals surface area contributed by atoms with Crippen LogP contribution in [-0.4, -0.2) is 33.9 Å². The van der Waals surface area contributed by atoms with E-state index >= 15 is 0 Å². The Hall–Kier alpha value is -1.91. The molecule has 5 nitrogen and oxygen atoms in total. The van der Waals surface area contributed by atoms with Gasteiger partial charge in [0.25, 0.3) is 0 Å². The molecule has 1 aromatic rings. The van der Waals surface area contributed by atoms with Crippen molar-refractivity contribution in [2.24, 2.45) is 0 Å². The Morgan fingerprint density at radius 2 is 1.76 bits per heavy atom. The Kier molecular flexibility index (Phi) is 7.43. The molecule has 0 aromatic heterocycles. The van der Waals surface area contributed by atoms with Crippen LogP contribution in [0.5, 0.6) is 17.2 Å². The number of rotatable bonds is 9. The summed E-state index contributed by atoms with van der Waals surface area (Å²) in [5, 5.41) is 0. The van der Waals surface area contributed by atoms with Crippen molar-refractivity contribution in [3.8, 4) is 17.2 Å². The molecule has 0 unspecified atom stereocenters. The van der Waals surface area contributed by atoms with Crippen molar-refractivity contribution in [2.45, 2.75) is 32.6 Å². The minimum Gasteiger partial charge on any atom is -0.496 e. The van der Waals surface area contributed by atoms with Gasteiger partial charge in [0.2, 0.25) is 0 Å².